The molecule has 0 bridgehead atoms. The summed E-state index contributed by atoms with van der Waals surface area (Å²) in [6.45, 7) is 9.64. The second-order valence-corrected chi connectivity index (χ2v) is 5.05. The van der Waals surface area contributed by atoms with Crippen LogP contribution in [0, 0.1) is 0 Å². The smallest absolute Gasteiger partial charge is 0.151 e. The molecule has 100 valence electrons. The highest BCUT2D eigenvalue weighted by Gasteiger charge is 2.18. The van der Waals surface area contributed by atoms with Crippen molar-refractivity contribution in [3.05, 3.63) is 17.8 Å². The lowest BCUT2D eigenvalue weighted by Gasteiger charge is -2.31. The van der Waals surface area contributed by atoms with E-state index in [1.807, 2.05) is 12.1 Å². The third-order valence-corrected chi connectivity index (χ3v) is 2.96. The van der Waals surface area contributed by atoms with Crippen LogP contribution in [0.25, 0.3) is 0 Å². The molecule has 1 fully saturated rings. The number of rotatable bonds is 4. The van der Waals surface area contributed by atoms with Crippen LogP contribution >= 0.6 is 0 Å². The Morgan fingerprint density at radius 1 is 1.44 bits per heavy atom. The average Bonchev–Trinajstić information content (AvgIpc) is 2.37. The minimum Gasteiger partial charge on any atom is -0.375 e. The van der Waals surface area contributed by atoms with Crippen molar-refractivity contribution in [2.24, 2.45) is 0 Å². The van der Waals surface area contributed by atoms with Crippen molar-refractivity contribution in [3.63, 3.8) is 0 Å². The van der Waals surface area contributed by atoms with E-state index in [2.05, 4.69) is 41.2 Å². The van der Waals surface area contributed by atoms with Gasteiger partial charge in [-0.3, -0.25) is 0 Å². The van der Waals surface area contributed by atoms with E-state index in [0.717, 1.165) is 37.8 Å². The van der Waals surface area contributed by atoms with Gasteiger partial charge < -0.3 is 15.0 Å². The number of hydrogen-bond acceptors (Lipinski definition) is 5. The summed E-state index contributed by atoms with van der Waals surface area (Å²) in [4.78, 5) is 2.22. The lowest BCUT2D eigenvalue weighted by atomic mass is 10.3. The second kappa shape index (κ2) is 6.11. The maximum absolute atomic E-state index is 5.52. The van der Waals surface area contributed by atoms with Crippen LogP contribution in [-0.2, 0) is 11.3 Å². The number of aromatic nitrogens is 2. The van der Waals surface area contributed by atoms with Crippen LogP contribution in [0.5, 0.6) is 0 Å². The van der Waals surface area contributed by atoms with E-state index < -0.39 is 0 Å². The monoisotopic (exact) mass is 250 g/mol. The largest absolute Gasteiger partial charge is 0.375 e. The summed E-state index contributed by atoms with van der Waals surface area (Å²) in [6, 6.07) is 4.55. The van der Waals surface area contributed by atoms with Gasteiger partial charge in [0.05, 0.1) is 18.4 Å². The summed E-state index contributed by atoms with van der Waals surface area (Å²) in [7, 11) is 0. The molecule has 1 aliphatic heterocycles. The Morgan fingerprint density at radius 3 is 2.89 bits per heavy atom. The topological polar surface area (TPSA) is 50.3 Å². The van der Waals surface area contributed by atoms with Crippen molar-refractivity contribution < 1.29 is 4.74 Å². The van der Waals surface area contributed by atoms with Crippen LogP contribution in [0.1, 0.15) is 26.5 Å². The molecule has 1 saturated heterocycles. The zero-order chi connectivity index (χ0) is 13.0. The van der Waals surface area contributed by atoms with Crippen LogP contribution < -0.4 is 10.2 Å². The van der Waals surface area contributed by atoms with Crippen molar-refractivity contribution in [1.29, 1.82) is 0 Å². The number of morpholine rings is 1. The Hall–Kier alpha value is -1.20. The molecule has 0 amide bonds. The average molecular weight is 250 g/mol. The SMILES string of the molecule is CC(C)NCc1ccc(N2CCOC(C)C2)nn1. The van der Waals surface area contributed by atoms with Crippen molar-refractivity contribution >= 4 is 5.82 Å². The van der Waals surface area contributed by atoms with Gasteiger partial charge >= 0.3 is 0 Å². The molecule has 18 heavy (non-hydrogen) atoms. The molecule has 1 aromatic heterocycles. The predicted molar refractivity (Wildman–Crippen MR) is 71.6 cm³/mol. The maximum atomic E-state index is 5.52. The summed E-state index contributed by atoms with van der Waals surface area (Å²) in [6.07, 6.45) is 0.267. The van der Waals surface area contributed by atoms with E-state index in [1.165, 1.54) is 0 Å². The standard InChI is InChI=1S/C13H22N4O/c1-10(2)14-8-12-4-5-13(16-15-12)17-6-7-18-11(3)9-17/h4-5,10-11,14H,6-9H2,1-3H3. The third kappa shape index (κ3) is 3.65. The third-order valence-electron chi connectivity index (χ3n) is 2.96. The van der Waals surface area contributed by atoms with Crippen molar-refractivity contribution in [2.45, 2.75) is 39.5 Å². The van der Waals surface area contributed by atoms with Crippen molar-refractivity contribution in [3.8, 4) is 0 Å². The van der Waals surface area contributed by atoms with Crippen LogP contribution in [0.4, 0.5) is 5.82 Å². The molecule has 1 aliphatic rings. The minimum absolute atomic E-state index is 0.267. The molecular weight excluding hydrogens is 228 g/mol. The number of hydrogen-bond donors (Lipinski definition) is 1. The normalized spacial score (nSPS) is 20.4. The molecule has 0 aliphatic carbocycles. The summed E-state index contributed by atoms with van der Waals surface area (Å²) < 4.78 is 5.52. The zero-order valence-corrected chi connectivity index (χ0v) is 11.4. The molecule has 2 heterocycles. The highest BCUT2D eigenvalue weighted by atomic mass is 16.5. The number of ether oxygens (including phenoxy) is 1. The first-order valence-electron chi connectivity index (χ1n) is 6.57. The molecule has 0 radical (unpaired) electrons. The Kier molecular flexibility index (Phi) is 4.49. The van der Waals surface area contributed by atoms with Gasteiger partial charge in [0.15, 0.2) is 5.82 Å². The number of nitrogens with zero attached hydrogens (tertiary/aromatic N) is 3. The fourth-order valence-corrected chi connectivity index (χ4v) is 1.95. The quantitative estimate of drug-likeness (QED) is 0.870. The Bertz CT molecular complexity index is 366. The van der Waals surface area contributed by atoms with Gasteiger partial charge in [-0.1, -0.05) is 13.8 Å². The fraction of sp³-hybridized carbons (Fsp3) is 0.692. The summed E-state index contributed by atoms with van der Waals surface area (Å²) in [5.41, 5.74) is 0.980. The first-order chi connectivity index (χ1) is 8.65. The lowest BCUT2D eigenvalue weighted by molar-refractivity contribution is 0.0529. The molecule has 1 unspecified atom stereocenters. The van der Waals surface area contributed by atoms with E-state index in [0.29, 0.717) is 6.04 Å². The van der Waals surface area contributed by atoms with Crippen LogP contribution in [0.15, 0.2) is 12.1 Å². The molecule has 1 N–H and O–H groups in total. The van der Waals surface area contributed by atoms with Gasteiger partial charge in [-0.2, -0.15) is 5.10 Å². The Labute approximate surface area is 109 Å². The van der Waals surface area contributed by atoms with Gasteiger partial charge in [0.2, 0.25) is 0 Å². The molecule has 5 heteroatoms. The van der Waals surface area contributed by atoms with Gasteiger partial charge in [0, 0.05) is 25.7 Å². The zero-order valence-electron chi connectivity index (χ0n) is 11.4. The Balaban J connectivity index is 1.94. The number of nitrogens with one attached hydrogen (secondary N) is 1. The molecular formula is C13H22N4O. The van der Waals surface area contributed by atoms with Crippen molar-refractivity contribution in [2.75, 3.05) is 24.6 Å². The van der Waals surface area contributed by atoms with Crippen LogP contribution in [0.3, 0.4) is 0 Å². The molecule has 0 spiro atoms. The van der Waals surface area contributed by atoms with E-state index in [1.54, 1.807) is 0 Å². The van der Waals surface area contributed by atoms with Gasteiger partial charge in [-0.15, -0.1) is 5.10 Å². The highest BCUT2D eigenvalue weighted by Crippen LogP contribution is 2.14. The summed E-state index contributed by atoms with van der Waals surface area (Å²) >= 11 is 0. The van der Waals surface area contributed by atoms with Gasteiger partial charge in [0.1, 0.15) is 0 Å². The fourth-order valence-electron chi connectivity index (χ4n) is 1.95. The minimum atomic E-state index is 0.267. The van der Waals surface area contributed by atoms with Gasteiger partial charge in [-0.25, -0.2) is 0 Å². The Morgan fingerprint density at radius 2 is 2.28 bits per heavy atom. The van der Waals surface area contributed by atoms with E-state index >= 15 is 0 Å². The molecule has 0 aromatic carbocycles. The molecule has 1 atom stereocenters. The molecule has 0 saturated carbocycles. The lowest BCUT2D eigenvalue weighted by Crippen LogP contribution is -2.41. The molecule has 1 aromatic rings. The summed E-state index contributed by atoms with van der Waals surface area (Å²) in [5.74, 6) is 0.943. The van der Waals surface area contributed by atoms with Gasteiger partial charge in [-0.05, 0) is 19.1 Å². The second-order valence-electron chi connectivity index (χ2n) is 5.05. The molecule has 2 rings (SSSR count). The van der Waals surface area contributed by atoms with E-state index in [-0.39, 0.29) is 6.10 Å². The first-order valence-corrected chi connectivity index (χ1v) is 6.57. The van der Waals surface area contributed by atoms with Crippen LogP contribution in [0.2, 0.25) is 0 Å². The molecule has 5 nitrogen and oxygen atoms in total. The summed E-state index contributed by atoms with van der Waals surface area (Å²) in [5, 5.41) is 11.9. The highest BCUT2D eigenvalue weighted by molar-refractivity contribution is 5.37. The van der Waals surface area contributed by atoms with E-state index in [4.69, 9.17) is 4.74 Å². The van der Waals surface area contributed by atoms with E-state index in [9.17, 15) is 0 Å². The maximum Gasteiger partial charge on any atom is 0.151 e. The van der Waals surface area contributed by atoms with Crippen LogP contribution in [-0.4, -0.2) is 42.0 Å². The van der Waals surface area contributed by atoms with Gasteiger partial charge in [0.25, 0.3) is 0 Å². The van der Waals surface area contributed by atoms with Crippen molar-refractivity contribution in [1.82, 2.24) is 15.5 Å². The first kappa shape index (κ1) is 13.2. The number of anilines is 1. The predicted octanol–water partition coefficient (Wildman–Crippen LogP) is 1.20.